The summed E-state index contributed by atoms with van der Waals surface area (Å²) in [5.41, 5.74) is 3.49. The Labute approximate surface area is 234 Å². The van der Waals surface area contributed by atoms with Crippen LogP contribution in [0.15, 0.2) is 65.1 Å². The van der Waals surface area contributed by atoms with Crippen molar-refractivity contribution in [3.8, 4) is 28.2 Å². The van der Waals surface area contributed by atoms with Crippen molar-refractivity contribution in [3.63, 3.8) is 0 Å². The first-order chi connectivity index (χ1) is 19.1. The number of carbonyl (C=O) groups excluding carboxylic acids is 2. The molecule has 0 fully saturated rings. The first kappa shape index (κ1) is 28.9. The number of halogens is 1. The highest BCUT2D eigenvalue weighted by Crippen LogP contribution is 2.39. The maximum atomic E-state index is 13.6. The van der Waals surface area contributed by atoms with Crippen LogP contribution < -0.4 is 15.4 Å². The predicted molar refractivity (Wildman–Crippen MR) is 157 cm³/mol. The number of amides is 2. The van der Waals surface area contributed by atoms with Crippen LogP contribution in [0.4, 0.5) is 4.39 Å². The second-order valence-corrected chi connectivity index (χ2v) is 11.0. The Hall–Kier alpha value is -4.13. The van der Waals surface area contributed by atoms with Gasteiger partial charge in [0.2, 0.25) is 0 Å². The third-order valence-corrected chi connectivity index (χ3v) is 6.60. The molecule has 1 heterocycles. The number of rotatable bonds is 10. The zero-order valence-electron chi connectivity index (χ0n) is 23.9. The molecule has 0 aliphatic heterocycles. The number of hydrogen-bond acceptors (Lipinski definition) is 4. The number of carbonyl (C=O) groups is 2. The lowest BCUT2D eigenvalue weighted by Crippen LogP contribution is -2.27. The lowest BCUT2D eigenvalue weighted by Gasteiger charge is -2.20. The van der Waals surface area contributed by atoms with Crippen LogP contribution in [0, 0.1) is 17.7 Å². The van der Waals surface area contributed by atoms with Crippen molar-refractivity contribution >= 4 is 22.8 Å². The van der Waals surface area contributed by atoms with E-state index in [2.05, 4.69) is 24.5 Å². The zero-order chi connectivity index (χ0) is 29.0. The highest BCUT2D eigenvalue weighted by Gasteiger charge is 2.23. The van der Waals surface area contributed by atoms with Crippen molar-refractivity contribution in [1.82, 2.24) is 10.6 Å². The van der Waals surface area contributed by atoms with Gasteiger partial charge in [-0.3, -0.25) is 9.59 Å². The van der Waals surface area contributed by atoms with Crippen LogP contribution in [0.3, 0.4) is 0 Å². The Kier molecular flexibility index (Phi) is 8.93. The molecule has 1 aromatic heterocycles. The molecular formula is C33H37FN2O4. The van der Waals surface area contributed by atoms with E-state index in [-0.39, 0.29) is 23.7 Å². The van der Waals surface area contributed by atoms with Crippen LogP contribution in [0.5, 0.6) is 5.75 Å². The van der Waals surface area contributed by atoms with Gasteiger partial charge in [-0.25, -0.2) is 4.39 Å². The summed E-state index contributed by atoms with van der Waals surface area (Å²) in [5, 5.41) is 6.27. The summed E-state index contributed by atoms with van der Waals surface area (Å²) in [6.45, 7) is 11.0. The van der Waals surface area contributed by atoms with Gasteiger partial charge in [-0.05, 0) is 85.3 Å². The lowest BCUT2D eigenvalue weighted by molar-refractivity contribution is 0.0945. The van der Waals surface area contributed by atoms with Crippen LogP contribution in [0.2, 0.25) is 0 Å². The van der Waals surface area contributed by atoms with E-state index < -0.39 is 0 Å². The molecule has 40 heavy (non-hydrogen) atoms. The van der Waals surface area contributed by atoms with Gasteiger partial charge in [-0.15, -0.1) is 0 Å². The molecule has 7 heteroatoms. The van der Waals surface area contributed by atoms with E-state index in [1.807, 2.05) is 45.0 Å². The Morgan fingerprint density at radius 2 is 1.57 bits per heavy atom. The van der Waals surface area contributed by atoms with Gasteiger partial charge in [0.25, 0.3) is 11.8 Å². The normalized spacial score (nSPS) is 12.1. The van der Waals surface area contributed by atoms with Gasteiger partial charge < -0.3 is 19.8 Å². The summed E-state index contributed by atoms with van der Waals surface area (Å²) >= 11 is 0. The molecule has 1 unspecified atom stereocenters. The van der Waals surface area contributed by atoms with E-state index in [1.54, 1.807) is 31.3 Å². The van der Waals surface area contributed by atoms with E-state index in [0.29, 0.717) is 57.5 Å². The summed E-state index contributed by atoms with van der Waals surface area (Å²) in [6.07, 6.45) is 0.835. The van der Waals surface area contributed by atoms with Crippen molar-refractivity contribution in [3.05, 3.63) is 77.6 Å². The van der Waals surface area contributed by atoms with E-state index in [1.165, 1.54) is 12.1 Å². The molecule has 0 bridgehead atoms. The van der Waals surface area contributed by atoms with E-state index in [4.69, 9.17) is 9.15 Å². The minimum Gasteiger partial charge on any atom is -0.490 e. The fourth-order valence-electron chi connectivity index (χ4n) is 4.75. The quantitative estimate of drug-likeness (QED) is 0.217. The van der Waals surface area contributed by atoms with Crippen LogP contribution in [-0.2, 0) is 0 Å². The average molecular weight is 545 g/mol. The van der Waals surface area contributed by atoms with Gasteiger partial charge in [-0.1, -0.05) is 33.8 Å². The number of ether oxygens (including phenoxy) is 1. The molecule has 6 nitrogen and oxygen atoms in total. The number of fused-ring (bicyclic) bond motifs is 1. The Bertz CT molecular complexity index is 1510. The van der Waals surface area contributed by atoms with Crippen molar-refractivity contribution in [1.29, 1.82) is 0 Å². The second-order valence-electron chi connectivity index (χ2n) is 11.0. The molecule has 3 aromatic carbocycles. The minimum absolute atomic E-state index is 0.0384. The van der Waals surface area contributed by atoms with E-state index in [9.17, 15) is 14.0 Å². The summed E-state index contributed by atoms with van der Waals surface area (Å²) in [5.74, 6) is 0.934. The maximum absolute atomic E-state index is 13.6. The molecule has 0 aliphatic carbocycles. The summed E-state index contributed by atoms with van der Waals surface area (Å²) in [7, 11) is 1.56. The largest absolute Gasteiger partial charge is 0.490 e. The van der Waals surface area contributed by atoms with Crippen molar-refractivity contribution in [2.75, 3.05) is 13.6 Å². The van der Waals surface area contributed by atoms with Crippen LogP contribution in [0.1, 0.15) is 61.8 Å². The standard InChI is InChI=1S/C33H37FN2O4/c1-19(2)15-21(5)39-28-14-10-24(32(37)36-18-20(3)4)17-26(28)23-9-13-29-27(16-23)30(33(38)35-6)31(40-29)22-7-11-25(34)12-8-22/h7-14,16-17,19-21H,15,18H2,1-6H3,(H,35,38)(H,36,37). The maximum Gasteiger partial charge on any atom is 0.255 e. The molecule has 0 aliphatic rings. The first-order valence-electron chi connectivity index (χ1n) is 13.7. The van der Waals surface area contributed by atoms with E-state index in [0.717, 1.165) is 17.5 Å². The predicted octanol–water partition coefficient (Wildman–Crippen LogP) is 7.46. The van der Waals surface area contributed by atoms with Crippen molar-refractivity contribution < 1.29 is 23.1 Å². The number of nitrogens with one attached hydrogen (secondary N) is 2. The smallest absolute Gasteiger partial charge is 0.255 e. The molecular weight excluding hydrogens is 507 g/mol. The topological polar surface area (TPSA) is 80.6 Å². The fourth-order valence-corrected chi connectivity index (χ4v) is 4.75. The van der Waals surface area contributed by atoms with Crippen LogP contribution >= 0.6 is 0 Å². The first-order valence-corrected chi connectivity index (χ1v) is 13.7. The highest BCUT2D eigenvalue weighted by molar-refractivity contribution is 6.12. The summed E-state index contributed by atoms with van der Waals surface area (Å²) < 4.78 is 26.1. The Morgan fingerprint density at radius 1 is 0.875 bits per heavy atom. The second kappa shape index (κ2) is 12.4. The van der Waals surface area contributed by atoms with Gasteiger partial charge >= 0.3 is 0 Å². The third kappa shape index (κ3) is 6.53. The molecule has 2 N–H and O–H groups in total. The number of hydrogen-bond donors (Lipinski definition) is 2. The third-order valence-electron chi connectivity index (χ3n) is 6.60. The molecule has 0 saturated heterocycles. The molecule has 4 aromatic rings. The van der Waals surface area contributed by atoms with Crippen LogP contribution in [0.25, 0.3) is 33.4 Å². The van der Waals surface area contributed by atoms with Gasteiger partial charge in [-0.2, -0.15) is 0 Å². The zero-order valence-corrected chi connectivity index (χ0v) is 23.9. The molecule has 1 atom stereocenters. The van der Waals surface area contributed by atoms with E-state index >= 15 is 0 Å². The fraction of sp³-hybridized carbons (Fsp3) is 0.333. The van der Waals surface area contributed by atoms with Gasteiger partial charge in [0, 0.05) is 35.7 Å². The van der Waals surface area contributed by atoms with Crippen LogP contribution in [-0.4, -0.2) is 31.5 Å². The lowest BCUT2D eigenvalue weighted by atomic mass is 9.97. The van der Waals surface area contributed by atoms with Crippen molar-refractivity contribution in [2.45, 2.75) is 47.1 Å². The highest BCUT2D eigenvalue weighted by atomic mass is 19.1. The van der Waals surface area contributed by atoms with Gasteiger partial charge in [0.1, 0.15) is 22.9 Å². The van der Waals surface area contributed by atoms with Gasteiger partial charge in [0.15, 0.2) is 0 Å². The summed E-state index contributed by atoms with van der Waals surface area (Å²) in [4.78, 5) is 26.0. The molecule has 0 saturated carbocycles. The molecule has 210 valence electrons. The molecule has 0 spiro atoms. The monoisotopic (exact) mass is 544 g/mol. The Balaban J connectivity index is 1.85. The Morgan fingerprint density at radius 3 is 2.23 bits per heavy atom. The number of benzene rings is 3. The van der Waals surface area contributed by atoms with Crippen molar-refractivity contribution in [2.24, 2.45) is 11.8 Å². The molecule has 2 amide bonds. The van der Waals surface area contributed by atoms with Gasteiger partial charge in [0.05, 0.1) is 11.7 Å². The molecule has 0 radical (unpaired) electrons. The molecule has 4 rings (SSSR count). The summed E-state index contributed by atoms with van der Waals surface area (Å²) in [6, 6.07) is 16.8. The average Bonchev–Trinajstić information content (AvgIpc) is 3.30. The number of furan rings is 1. The minimum atomic E-state index is -0.375. The SMILES string of the molecule is CNC(=O)c1c(-c2ccc(F)cc2)oc2ccc(-c3cc(C(=O)NCC(C)C)ccc3OC(C)CC(C)C)cc12.